The summed E-state index contributed by atoms with van der Waals surface area (Å²) in [5, 5.41) is 0. The standard InChI is InChI=1S/C24H21F4N5O2/c1-13-3-5-16(20(32-13)21-29-7-2-8-30-21)23(34)33-12-14-4-6-18(33)19(9-14)35-22-17(25)10-15(11-31-22)24(26,27)28/h2-3,5,7-8,10-11,14,18-19H,4,6,9,12H2,1H3. The number of hydrogen-bond acceptors (Lipinski definition) is 6. The predicted molar refractivity (Wildman–Crippen MR) is 116 cm³/mol. The molecule has 1 amide bonds. The Labute approximate surface area is 198 Å². The van der Waals surface area contributed by atoms with Crippen molar-refractivity contribution in [3.63, 3.8) is 0 Å². The summed E-state index contributed by atoms with van der Waals surface area (Å²) in [6, 6.07) is 5.07. The van der Waals surface area contributed by atoms with Gasteiger partial charge in [0.25, 0.3) is 11.8 Å². The Kier molecular flexibility index (Phi) is 5.86. The Balaban J connectivity index is 1.42. The minimum Gasteiger partial charge on any atom is -0.470 e. The lowest BCUT2D eigenvalue weighted by atomic mass is 9.77. The van der Waals surface area contributed by atoms with Crippen LogP contribution in [-0.4, -0.2) is 49.4 Å². The van der Waals surface area contributed by atoms with E-state index in [1.165, 1.54) is 0 Å². The number of nitrogens with zero attached hydrogens (tertiary/aromatic N) is 5. The number of pyridine rings is 2. The summed E-state index contributed by atoms with van der Waals surface area (Å²) in [7, 11) is 0. The summed E-state index contributed by atoms with van der Waals surface area (Å²) in [6.45, 7) is 2.30. The first-order valence-corrected chi connectivity index (χ1v) is 11.2. The number of ether oxygens (including phenoxy) is 1. The fourth-order valence-corrected chi connectivity index (χ4v) is 4.78. The van der Waals surface area contributed by atoms with Gasteiger partial charge in [-0.25, -0.2) is 24.3 Å². The smallest absolute Gasteiger partial charge is 0.417 e. The van der Waals surface area contributed by atoms with Gasteiger partial charge >= 0.3 is 6.18 Å². The van der Waals surface area contributed by atoms with Gasteiger partial charge in [0.05, 0.1) is 17.2 Å². The fraction of sp³-hybridized carbons (Fsp3) is 0.375. The molecule has 3 unspecified atom stereocenters. The summed E-state index contributed by atoms with van der Waals surface area (Å²) >= 11 is 0. The van der Waals surface area contributed by atoms with Crippen molar-refractivity contribution in [1.29, 1.82) is 0 Å². The van der Waals surface area contributed by atoms with Crippen molar-refractivity contribution in [2.75, 3.05) is 6.54 Å². The second-order valence-corrected chi connectivity index (χ2v) is 8.79. The molecule has 0 radical (unpaired) electrons. The molecule has 7 nitrogen and oxygen atoms in total. The normalized spacial score (nSPS) is 21.7. The van der Waals surface area contributed by atoms with Crippen LogP contribution in [0.1, 0.15) is 40.9 Å². The van der Waals surface area contributed by atoms with Gasteiger partial charge in [-0.05, 0) is 56.4 Å². The Morgan fingerprint density at radius 1 is 1.14 bits per heavy atom. The number of alkyl halides is 3. The summed E-state index contributed by atoms with van der Waals surface area (Å²) in [4.78, 5) is 31.9. The Morgan fingerprint density at radius 3 is 2.60 bits per heavy atom. The molecule has 2 saturated heterocycles. The minimum absolute atomic E-state index is 0.112. The average molecular weight is 487 g/mol. The maximum absolute atomic E-state index is 14.4. The van der Waals surface area contributed by atoms with E-state index in [1.807, 2.05) is 0 Å². The first kappa shape index (κ1) is 23.1. The van der Waals surface area contributed by atoms with Crippen LogP contribution in [0.15, 0.2) is 42.9 Å². The number of aromatic nitrogens is 4. The number of aryl methyl sites for hydroxylation is 1. The zero-order valence-electron chi connectivity index (χ0n) is 18.7. The van der Waals surface area contributed by atoms with Crippen LogP contribution in [0.4, 0.5) is 17.6 Å². The van der Waals surface area contributed by atoms with Gasteiger partial charge in [0.15, 0.2) is 11.6 Å². The lowest BCUT2D eigenvalue weighted by Crippen LogP contribution is -2.59. The molecule has 2 bridgehead atoms. The highest BCUT2D eigenvalue weighted by Gasteiger charge is 2.45. The van der Waals surface area contributed by atoms with Gasteiger partial charge in [0.2, 0.25) is 0 Å². The van der Waals surface area contributed by atoms with Crippen LogP contribution in [0.3, 0.4) is 0 Å². The third-order valence-electron chi connectivity index (χ3n) is 6.42. The monoisotopic (exact) mass is 487 g/mol. The third-order valence-corrected chi connectivity index (χ3v) is 6.42. The van der Waals surface area contributed by atoms with Gasteiger partial charge in [0.1, 0.15) is 11.8 Å². The van der Waals surface area contributed by atoms with Crippen molar-refractivity contribution in [2.45, 2.75) is 44.5 Å². The molecule has 1 saturated carbocycles. The van der Waals surface area contributed by atoms with Crippen LogP contribution in [0.25, 0.3) is 11.5 Å². The molecular formula is C24H21F4N5O2. The molecule has 3 aromatic heterocycles. The molecular weight excluding hydrogens is 466 g/mol. The summed E-state index contributed by atoms with van der Waals surface area (Å²) in [5.74, 6) is -1.53. The van der Waals surface area contributed by atoms with Crippen molar-refractivity contribution in [2.24, 2.45) is 5.92 Å². The van der Waals surface area contributed by atoms with Crippen molar-refractivity contribution >= 4 is 5.91 Å². The van der Waals surface area contributed by atoms with Crippen molar-refractivity contribution in [1.82, 2.24) is 24.8 Å². The van der Waals surface area contributed by atoms with Crippen LogP contribution in [0.5, 0.6) is 5.88 Å². The number of piperidine rings is 2. The average Bonchev–Trinajstić information content (AvgIpc) is 2.85. The number of halogens is 4. The highest BCUT2D eigenvalue weighted by molar-refractivity contribution is 5.99. The lowest BCUT2D eigenvalue weighted by molar-refractivity contribution is -0.138. The van der Waals surface area contributed by atoms with E-state index in [4.69, 9.17) is 4.74 Å². The molecule has 5 heterocycles. The van der Waals surface area contributed by atoms with Gasteiger partial charge in [-0.1, -0.05) is 0 Å². The number of carbonyl (C=O) groups is 1. The minimum atomic E-state index is -4.71. The molecule has 35 heavy (non-hydrogen) atoms. The largest absolute Gasteiger partial charge is 0.470 e. The second kappa shape index (κ2) is 8.86. The van der Waals surface area contributed by atoms with Crippen molar-refractivity contribution in [3.05, 3.63) is 65.5 Å². The van der Waals surface area contributed by atoms with Gasteiger partial charge in [-0.2, -0.15) is 13.2 Å². The molecule has 1 aliphatic carbocycles. The third kappa shape index (κ3) is 4.54. The fourth-order valence-electron chi connectivity index (χ4n) is 4.78. The van der Waals surface area contributed by atoms with E-state index in [0.29, 0.717) is 54.4 Å². The number of carbonyl (C=O) groups excluding carboxylic acids is 1. The van der Waals surface area contributed by atoms with E-state index in [0.717, 1.165) is 6.42 Å². The maximum atomic E-state index is 14.4. The molecule has 6 rings (SSSR count). The van der Waals surface area contributed by atoms with Crippen molar-refractivity contribution < 1.29 is 27.1 Å². The summed E-state index contributed by atoms with van der Waals surface area (Å²) in [5.41, 5.74) is 0.220. The van der Waals surface area contributed by atoms with E-state index in [2.05, 4.69) is 19.9 Å². The molecule has 3 fully saturated rings. The van der Waals surface area contributed by atoms with Crippen LogP contribution in [0, 0.1) is 18.7 Å². The number of rotatable bonds is 4. The van der Waals surface area contributed by atoms with Crippen LogP contribution < -0.4 is 4.74 Å². The van der Waals surface area contributed by atoms with Crippen LogP contribution in [0.2, 0.25) is 0 Å². The molecule has 0 aromatic carbocycles. The van der Waals surface area contributed by atoms with Crippen molar-refractivity contribution in [3.8, 4) is 17.4 Å². The topological polar surface area (TPSA) is 81.1 Å². The van der Waals surface area contributed by atoms with Gasteiger partial charge in [-0.3, -0.25) is 4.79 Å². The highest BCUT2D eigenvalue weighted by Crippen LogP contribution is 2.39. The van der Waals surface area contributed by atoms with E-state index in [9.17, 15) is 22.4 Å². The van der Waals surface area contributed by atoms with E-state index in [-0.39, 0.29) is 17.9 Å². The highest BCUT2D eigenvalue weighted by atomic mass is 19.4. The van der Waals surface area contributed by atoms with Crippen LogP contribution >= 0.6 is 0 Å². The van der Waals surface area contributed by atoms with Gasteiger partial charge in [0, 0.05) is 30.8 Å². The first-order valence-electron chi connectivity index (χ1n) is 11.2. The molecule has 3 atom stereocenters. The Morgan fingerprint density at radius 2 is 1.91 bits per heavy atom. The predicted octanol–water partition coefficient (Wildman–Crippen LogP) is 4.47. The van der Waals surface area contributed by atoms with Gasteiger partial charge < -0.3 is 9.64 Å². The SMILES string of the molecule is Cc1ccc(C(=O)N2CC3CCC2C(Oc2ncc(C(F)(F)F)cc2F)C3)c(-c2ncccn2)n1. The zero-order chi connectivity index (χ0) is 24.7. The number of hydrogen-bond donors (Lipinski definition) is 0. The molecule has 2 aliphatic heterocycles. The summed E-state index contributed by atoms with van der Waals surface area (Å²) < 4.78 is 58.7. The Bertz CT molecular complexity index is 1250. The zero-order valence-corrected chi connectivity index (χ0v) is 18.7. The quantitative estimate of drug-likeness (QED) is 0.505. The molecule has 3 aromatic rings. The molecule has 3 aliphatic rings. The molecule has 0 N–H and O–H groups in total. The number of amides is 1. The number of fused-ring (bicyclic) bond motifs is 3. The van der Waals surface area contributed by atoms with E-state index < -0.39 is 29.5 Å². The van der Waals surface area contributed by atoms with E-state index >= 15 is 0 Å². The lowest BCUT2D eigenvalue weighted by Gasteiger charge is -2.49. The first-order chi connectivity index (χ1) is 16.7. The molecule has 0 spiro atoms. The van der Waals surface area contributed by atoms with Gasteiger partial charge in [-0.15, -0.1) is 0 Å². The Hall–Kier alpha value is -3.63. The molecule has 11 heteroatoms. The van der Waals surface area contributed by atoms with Crippen LogP contribution in [-0.2, 0) is 6.18 Å². The second-order valence-electron chi connectivity index (χ2n) is 8.79. The van der Waals surface area contributed by atoms with E-state index in [1.54, 1.807) is 42.4 Å². The maximum Gasteiger partial charge on any atom is 0.417 e. The summed E-state index contributed by atoms with van der Waals surface area (Å²) in [6.07, 6.45) is 0.432. The molecule has 182 valence electrons.